The molecule has 0 saturated carbocycles. The second kappa shape index (κ2) is 13.9. The molecule has 212 valence electrons. The highest BCUT2D eigenvalue weighted by Gasteiger charge is 2.11. The number of ether oxygens (including phenoxy) is 1. The first kappa shape index (κ1) is 28.9. The highest BCUT2D eigenvalue weighted by Crippen LogP contribution is 2.33. The van der Waals surface area contributed by atoms with Crippen LogP contribution in [0.4, 0.5) is 15.9 Å². The average Bonchev–Trinajstić information content (AvgIpc) is 3.45. The van der Waals surface area contributed by atoms with E-state index in [-0.39, 0.29) is 12.4 Å². The molecule has 0 aliphatic rings. The van der Waals surface area contributed by atoms with Gasteiger partial charge in [-0.1, -0.05) is 23.7 Å². The summed E-state index contributed by atoms with van der Waals surface area (Å²) in [7, 11) is 0.817. The van der Waals surface area contributed by atoms with Crippen molar-refractivity contribution in [1.82, 2.24) is 15.3 Å². The van der Waals surface area contributed by atoms with Crippen molar-refractivity contribution in [1.29, 1.82) is 0 Å². The molecule has 0 radical (unpaired) electrons. The molecule has 1 unspecified atom stereocenters. The molecule has 11 heteroatoms. The van der Waals surface area contributed by atoms with Crippen LogP contribution in [0.25, 0.3) is 22.2 Å². The first-order chi connectivity index (χ1) is 20.0. The van der Waals surface area contributed by atoms with Gasteiger partial charge in [0, 0.05) is 37.0 Å². The predicted molar refractivity (Wildman–Crippen MR) is 160 cm³/mol. The number of nitrogens with zero attached hydrogens (tertiary/aromatic N) is 2. The lowest BCUT2D eigenvalue weighted by atomic mass is 10.1. The molecule has 2 heterocycles. The standard InChI is InChI=1S/C30H29ClFN4O4P/c1-37-41(2)39-13-12-33-17-24-8-11-28(40-24)21-6-9-27-25(15-21)30(35-19-34-27)36-23-7-10-29(26(31)16-23)38-18-20-4-3-5-22(32)14-20/h3-11,14-16,19,33H,12-13,17-18H2,1-2H3,(H,34,35,36). The molecular formula is C30H29ClFN4O4P. The Balaban J connectivity index is 1.25. The summed E-state index contributed by atoms with van der Waals surface area (Å²) in [4.78, 5) is 8.87. The lowest BCUT2D eigenvalue weighted by molar-refractivity contribution is 0.284. The van der Waals surface area contributed by atoms with Gasteiger partial charge in [-0.2, -0.15) is 0 Å². The number of benzene rings is 3. The Bertz CT molecular complexity index is 1620. The van der Waals surface area contributed by atoms with Crippen molar-refractivity contribution < 1.29 is 22.6 Å². The molecule has 1 atom stereocenters. The second-order valence-electron chi connectivity index (χ2n) is 9.04. The van der Waals surface area contributed by atoms with E-state index in [4.69, 9.17) is 29.8 Å². The fraction of sp³-hybridized carbons (Fsp3) is 0.200. The molecule has 8 nitrogen and oxygen atoms in total. The largest absolute Gasteiger partial charge is 0.487 e. The maximum atomic E-state index is 13.4. The minimum absolute atomic E-state index is 0.205. The van der Waals surface area contributed by atoms with Gasteiger partial charge in [-0.15, -0.1) is 0 Å². The number of hydrogen-bond donors (Lipinski definition) is 2. The van der Waals surface area contributed by atoms with Crippen molar-refractivity contribution in [2.75, 3.05) is 32.2 Å². The van der Waals surface area contributed by atoms with Crippen LogP contribution >= 0.6 is 20.0 Å². The molecular weight excluding hydrogens is 566 g/mol. The van der Waals surface area contributed by atoms with E-state index in [0.29, 0.717) is 41.8 Å². The van der Waals surface area contributed by atoms with Gasteiger partial charge in [0.25, 0.3) is 0 Å². The van der Waals surface area contributed by atoms with Gasteiger partial charge in [0.1, 0.15) is 41.8 Å². The molecule has 0 spiro atoms. The summed E-state index contributed by atoms with van der Waals surface area (Å²) in [5.74, 6) is 2.38. The number of rotatable bonds is 13. The van der Waals surface area contributed by atoms with Crippen LogP contribution in [0.15, 0.2) is 83.5 Å². The zero-order valence-electron chi connectivity index (χ0n) is 22.6. The number of anilines is 2. The van der Waals surface area contributed by atoms with Crippen molar-refractivity contribution in [2.24, 2.45) is 0 Å². The van der Waals surface area contributed by atoms with Gasteiger partial charge in [-0.25, -0.2) is 14.4 Å². The van der Waals surface area contributed by atoms with Gasteiger partial charge < -0.3 is 28.8 Å². The van der Waals surface area contributed by atoms with Crippen LogP contribution in [-0.2, 0) is 22.2 Å². The molecule has 0 saturated heterocycles. The van der Waals surface area contributed by atoms with Crippen LogP contribution in [0.1, 0.15) is 11.3 Å². The van der Waals surface area contributed by atoms with E-state index >= 15 is 0 Å². The van der Waals surface area contributed by atoms with Gasteiger partial charge in [-0.05, 0) is 66.2 Å². The number of nitrogens with one attached hydrogen (secondary N) is 2. The Hall–Kier alpha value is -3.59. The minimum atomic E-state index is -0.825. The van der Waals surface area contributed by atoms with E-state index in [2.05, 4.69) is 20.6 Å². The maximum Gasteiger partial charge on any atom is 0.166 e. The molecule has 41 heavy (non-hydrogen) atoms. The second-order valence-corrected chi connectivity index (χ2v) is 11.0. The smallest absolute Gasteiger partial charge is 0.166 e. The van der Waals surface area contributed by atoms with E-state index < -0.39 is 8.38 Å². The number of furan rings is 1. The minimum Gasteiger partial charge on any atom is -0.487 e. The molecule has 3 aromatic carbocycles. The number of halogens is 2. The van der Waals surface area contributed by atoms with Crippen molar-refractivity contribution in [3.63, 3.8) is 0 Å². The van der Waals surface area contributed by atoms with Crippen molar-refractivity contribution >= 4 is 42.4 Å². The van der Waals surface area contributed by atoms with E-state index in [1.165, 1.54) is 18.5 Å². The first-order valence-electron chi connectivity index (χ1n) is 12.9. The van der Waals surface area contributed by atoms with Crippen LogP contribution in [0.2, 0.25) is 5.02 Å². The number of hydrogen-bond acceptors (Lipinski definition) is 8. The molecule has 2 N–H and O–H groups in total. The van der Waals surface area contributed by atoms with Crippen molar-refractivity contribution in [3.8, 4) is 17.1 Å². The van der Waals surface area contributed by atoms with Crippen molar-refractivity contribution in [2.45, 2.75) is 13.2 Å². The highest BCUT2D eigenvalue weighted by atomic mass is 35.5. The zero-order valence-corrected chi connectivity index (χ0v) is 24.2. The summed E-state index contributed by atoms with van der Waals surface area (Å²) in [6.45, 7) is 3.97. The number of fused-ring (bicyclic) bond motifs is 1. The lowest BCUT2D eigenvalue weighted by Crippen LogP contribution is -2.18. The lowest BCUT2D eigenvalue weighted by Gasteiger charge is -2.12. The van der Waals surface area contributed by atoms with Crippen LogP contribution in [-0.4, -0.2) is 36.9 Å². The molecule has 0 aliphatic heterocycles. The summed E-state index contributed by atoms with van der Waals surface area (Å²) in [6, 6.07) is 21.4. The van der Waals surface area contributed by atoms with Gasteiger partial charge in [0.2, 0.25) is 0 Å². The van der Waals surface area contributed by atoms with E-state index in [9.17, 15) is 4.39 Å². The topological polar surface area (TPSA) is 90.7 Å². The Kier molecular flexibility index (Phi) is 9.77. The molecule has 2 aromatic heterocycles. The quantitative estimate of drug-likeness (QED) is 0.106. The average molecular weight is 595 g/mol. The van der Waals surface area contributed by atoms with Gasteiger partial charge in [-0.3, -0.25) is 0 Å². The Morgan fingerprint density at radius 2 is 1.93 bits per heavy atom. The van der Waals surface area contributed by atoms with Crippen LogP contribution in [0, 0.1) is 5.82 Å². The molecule has 0 amide bonds. The Morgan fingerprint density at radius 1 is 1.02 bits per heavy atom. The molecule has 0 fully saturated rings. The van der Waals surface area contributed by atoms with Crippen LogP contribution < -0.4 is 15.4 Å². The van der Waals surface area contributed by atoms with Gasteiger partial charge in [0.05, 0.1) is 23.7 Å². The monoisotopic (exact) mass is 594 g/mol. The third-order valence-corrected chi connectivity index (χ3v) is 7.52. The molecule has 0 aliphatic carbocycles. The summed E-state index contributed by atoms with van der Waals surface area (Å²) in [5, 5.41) is 7.89. The van der Waals surface area contributed by atoms with E-state index in [0.717, 1.165) is 33.7 Å². The fourth-order valence-electron chi connectivity index (χ4n) is 4.07. The summed E-state index contributed by atoms with van der Waals surface area (Å²) in [6.07, 6.45) is 1.51. The van der Waals surface area contributed by atoms with Gasteiger partial charge >= 0.3 is 0 Å². The van der Waals surface area contributed by atoms with Crippen LogP contribution in [0.3, 0.4) is 0 Å². The molecule has 5 aromatic rings. The van der Waals surface area contributed by atoms with E-state index in [1.807, 2.05) is 43.1 Å². The Morgan fingerprint density at radius 3 is 2.76 bits per heavy atom. The summed E-state index contributed by atoms with van der Waals surface area (Å²) >= 11 is 6.49. The third kappa shape index (κ3) is 7.79. The van der Waals surface area contributed by atoms with E-state index in [1.54, 1.807) is 31.4 Å². The van der Waals surface area contributed by atoms with Crippen LogP contribution in [0.5, 0.6) is 5.75 Å². The Labute approximate surface area is 243 Å². The third-order valence-electron chi connectivity index (χ3n) is 6.17. The first-order valence-corrected chi connectivity index (χ1v) is 14.9. The fourth-order valence-corrected chi connectivity index (χ4v) is 4.76. The maximum absolute atomic E-state index is 13.4. The molecule has 5 rings (SSSR count). The summed E-state index contributed by atoms with van der Waals surface area (Å²) < 4.78 is 36.0. The summed E-state index contributed by atoms with van der Waals surface area (Å²) in [5.41, 5.74) is 3.14. The molecule has 0 bridgehead atoms. The normalized spacial score (nSPS) is 12.0. The van der Waals surface area contributed by atoms with Crippen molar-refractivity contribution in [3.05, 3.63) is 101 Å². The highest BCUT2D eigenvalue weighted by molar-refractivity contribution is 7.46. The van der Waals surface area contributed by atoms with Gasteiger partial charge in [0.15, 0.2) is 8.38 Å². The predicted octanol–water partition coefficient (Wildman–Crippen LogP) is 7.70. The SMILES string of the molecule is COP(C)OCCNCc1ccc(-c2ccc3ncnc(Nc4ccc(OCc5cccc(F)c5)c(Cl)c4)c3c2)o1. The number of aromatic nitrogens is 2. The zero-order chi connectivity index (χ0) is 28.6.